The molecule has 0 spiro atoms. The van der Waals surface area contributed by atoms with Gasteiger partial charge in [0.25, 0.3) is 0 Å². The summed E-state index contributed by atoms with van der Waals surface area (Å²) in [5, 5.41) is 4.99. The van der Waals surface area contributed by atoms with Crippen LogP contribution in [-0.4, -0.2) is 23.5 Å². The van der Waals surface area contributed by atoms with Gasteiger partial charge >= 0.3 is 0 Å². The van der Waals surface area contributed by atoms with Crippen LogP contribution in [-0.2, 0) is 11.3 Å². The highest BCUT2D eigenvalue weighted by Gasteiger charge is 2.31. The zero-order chi connectivity index (χ0) is 13.8. The third-order valence-electron chi connectivity index (χ3n) is 4.32. The summed E-state index contributed by atoms with van der Waals surface area (Å²) < 4.78 is 7.00. The van der Waals surface area contributed by atoms with Crippen LogP contribution in [0.25, 0.3) is 0 Å². The zero-order valence-electron chi connectivity index (χ0n) is 11.8. The molecule has 3 atom stereocenters. The highest BCUT2D eigenvalue weighted by Crippen LogP contribution is 2.40. The number of hydrogen-bond donors (Lipinski definition) is 1. The normalized spacial score (nSPS) is 24.8. The first-order valence-electron chi connectivity index (χ1n) is 7.13. The summed E-state index contributed by atoms with van der Waals surface area (Å²) >= 11 is 6.26. The number of nitrogens with zero attached hydrogens (tertiary/aromatic N) is 2. The van der Waals surface area contributed by atoms with Crippen molar-refractivity contribution >= 4 is 11.6 Å². The molecule has 2 rings (SSSR count). The molecule has 0 amide bonds. The van der Waals surface area contributed by atoms with Gasteiger partial charge in [-0.15, -0.1) is 0 Å². The molecule has 4 nitrogen and oxygen atoms in total. The fourth-order valence-corrected chi connectivity index (χ4v) is 3.36. The molecule has 0 aromatic carbocycles. The maximum Gasteiger partial charge on any atom is 0.0834 e. The lowest BCUT2D eigenvalue weighted by Gasteiger charge is -2.21. The van der Waals surface area contributed by atoms with E-state index in [0.717, 1.165) is 11.6 Å². The minimum Gasteiger partial charge on any atom is -0.383 e. The van der Waals surface area contributed by atoms with Crippen LogP contribution in [0.1, 0.15) is 44.3 Å². The van der Waals surface area contributed by atoms with Gasteiger partial charge in [-0.25, -0.2) is 0 Å². The number of aromatic nitrogens is 2. The zero-order valence-corrected chi connectivity index (χ0v) is 12.6. The standard InChI is InChI=1S/C14H24ClN3O/c1-3-10-4-5-11(8-10)13(16)14-12(15)9-17-18(14)6-7-19-2/h9-11,13H,3-8,16H2,1-2H3. The Balaban J connectivity index is 2.09. The van der Waals surface area contributed by atoms with Crippen LogP contribution in [0.3, 0.4) is 0 Å². The van der Waals surface area contributed by atoms with E-state index in [1.807, 2.05) is 4.68 Å². The Hall–Kier alpha value is -0.580. The Morgan fingerprint density at radius 2 is 2.37 bits per heavy atom. The molecule has 2 N–H and O–H groups in total. The van der Waals surface area contributed by atoms with Gasteiger partial charge in [0.15, 0.2) is 0 Å². The van der Waals surface area contributed by atoms with E-state index in [9.17, 15) is 0 Å². The summed E-state index contributed by atoms with van der Waals surface area (Å²) in [4.78, 5) is 0. The van der Waals surface area contributed by atoms with Crippen LogP contribution in [0.5, 0.6) is 0 Å². The molecule has 1 aliphatic carbocycles. The van der Waals surface area contributed by atoms with Gasteiger partial charge in [-0.05, 0) is 24.7 Å². The van der Waals surface area contributed by atoms with Crippen LogP contribution < -0.4 is 5.73 Å². The predicted octanol–water partition coefficient (Wildman–Crippen LogP) is 3.01. The third kappa shape index (κ3) is 3.30. The van der Waals surface area contributed by atoms with E-state index >= 15 is 0 Å². The van der Waals surface area contributed by atoms with E-state index in [0.29, 0.717) is 24.1 Å². The van der Waals surface area contributed by atoms with Gasteiger partial charge in [0.2, 0.25) is 0 Å². The van der Waals surface area contributed by atoms with Crippen LogP contribution in [0, 0.1) is 11.8 Å². The SMILES string of the molecule is CCC1CCC(C(N)c2c(Cl)cnn2CCOC)C1. The van der Waals surface area contributed by atoms with Crippen molar-refractivity contribution in [3.8, 4) is 0 Å². The summed E-state index contributed by atoms with van der Waals surface area (Å²) in [6.07, 6.45) is 6.64. The molecule has 1 aliphatic rings. The highest BCUT2D eigenvalue weighted by molar-refractivity contribution is 6.31. The first kappa shape index (κ1) is 14.8. The van der Waals surface area contributed by atoms with Gasteiger partial charge in [-0.2, -0.15) is 5.10 Å². The summed E-state index contributed by atoms with van der Waals surface area (Å²) in [6, 6.07) is -0.0107. The van der Waals surface area contributed by atoms with Crippen molar-refractivity contribution < 1.29 is 4.74 Å². The molecule has 1 saturated carbocycles. The maximum absolute atomic E-state index is 6.45. The van der Waals surface area contributed by atoms with Gasteiger partial charge in [0, 0.05) is 7.11 Å². The lowest BCUT2D eigenvalue weighted by Crippen LogP contribution is -2.24. The molecule has 19 heavy (non-hydrogen) atoms. The van der Waals surface area contributed by atoms with Crippen molar-refractivity contribution in [3.05, 3.63) is 16.9 Å². The molecule has 3 unspecified atom stereocenters. The van der Waals surface area contributed by atoms with Gasteiger partial charge in [0.05, 0.1) is 36.1 Å². The van der Waals surface area contributed by atoms with Crippen molar-refractivity contribution in [1.82, 2.24) is 9.78 Å². The van der Waals surface area contributed by atoms with E-state index in [2.05, 4.69) is 12.0 Å². The molecular weight excluding hydrogens is 262 g/mol. The lowest BCUT2D eigenvalue weighted by atomic mass is 9.94. The number of hydrogen-bond acceptors (Lipinski definition) is 3. The second-order valence-corrected chi connectivity index (χ2v) is 5.87. The lowest BCUT2D eigenvalue weighted by molar-refractivity contribution is 0.181. The van der Waals surface area contributed by atoms with Gasteiger partial charge in [0.1, 0.15) is 0 Å². The molecule has 0 aliphatic heterocycles. The van der Waals surface area contributed by atoms with E-state index in [1.165, 1.54) is 25.7 Å². The minimum atomic E-state index is -0.0107. The monoisotopic (exact) mass is 285 g/mol. The topological polar surface area (TPSA) is 53.1 Å². The Labute approximate surface area is 120 Å². The molecule has 0 bridgehead atoms. The number of halogens is 1. The average molecular weight is 286 g/mol. The molecular formula is C14H24ClN3O. The molecule has 1 fully saturated rings. The van der Waals surface area contributed by atoms with E-state index in [4.69, 9.17) is 22.1 Å². The van der Waals surface area contributed by atoms with Gasteiger partial charge in [-0.1, -0.05) is 31.4 Å². The number of methoxy groups -OCH3 is 1. The second-order valence-electron chi connectivity index (χ2n) is 5.47. The fraction of sp³-hybridized carbons (Fsp3) is 0.786. The fourth-order valence-electron chi connectivity index (χ4n) is 3.09. The number of nitrogens with two attached hydrogens (primary N) is 1. The quantitative estimate of drug-likeness (QED) is 0.874. The Kier molecular flexibility index (Phi) is 5.25. The van der Waals surface area contributed by atoms with Crippen molar-refractivity contribution in [1.29, 1.82) is 0 Å². The van der Waals surface area contributed by atoms with Crippen molar-refractivity contribution in [2.24, 2.45) is 17.6 Å². The molecule has 5 heteroatoms. The Bertz CT molecular complexity index is 407. The Morgan fingerprint density at radius 1 is 1.58 bits per heavy atom. The molecule has 0 radical (unpaired) electrons. The first-order chi connectivity index (χ1) is 9.17. The van der Waals surface area contributed by atoms with E-state index in [1.54, 1.807) is 13.3 Å². The predicted molar refractivity (Wildman–Crippen MR) is 77.2 cm³/mol. The average Bonchev–Trinajstić information content (AvgIpc) is 3.02. The smallest absolute Gasteiger partial charge is 0.0834 e. The van der Waals surface area contributed by atoms with Crippen LogP contribution in [0.15, 0.2) is 6.20 Å². The second kappa shape index (κ2) is 6.73. The number of ether oxygens (including phenoxy) is 1. The summed E-state index contributed by atoms with van der Waals surface area (Å²) in [7, 11) is 1.69. The summed E-state index contributed by atoms with van der Waals surface area (Å²) in [5.41, 5.74) is 7.42. The summed E-state index contributed by atoms with van der Waals surface area (Å²) in [5.74, 6) is 1.35. The Morgan fingerprint density at radius 3 is 3.00 bits per heavy atom. The van der Waals surface area contributed by atoms with Crippen LogP contribution in [0.4, 0.5) is 0 Å². The van der Waals surface area contributed by atoms with Crippen molar-refractivity contribution in [2.75, 3.05) is 13.7 Å². The van der Waals surface area contributed by atoms with E-state index < -0.39 is 0 Å². The third-order valence-corrected chi connectivity index (χ3v) is 4.61. The molecule has 1 aromatic heterocycles. The largest absolute Gasteiger partial charge is 0.383 e. The number of rotatable bonds is 6. The molecule has 1 aromatic rings. The minimum absolute atomic E-state index is 0.0107. The van der Waals surface area contributed by atoms with Crippen molar-refractivity contribution in [3.63, 3.8) is 0 Å². The molecule has 0 saturated heterocycles. The van der Waals surface area contributed by atoms with Crippen molar-refractivity contribution in [2.45, 2.75) is 45.2 Å². The van der Waals surface area contributed by atoms with E-state index in [-0.39, 0.29) is 6.04 Å². The van der Waals surface area contributed by atoms with Gasteiger partial charge in [-0.3, -0.25) is 4.68 Å². The maximum atomic E-state index is 6.45. The van der Waals surface area contributed by atoms with Crippen LogP contribution >= 0.6 is 11.6 Å². The van der Waals surface area contributed by atoms with Gasteiger partial charge < -0.3 is 10.5 Å². The molecule has 1 heterocycles. The van der Waals surface area contributed by atoms with Crippen LogP contribution in [0.2, 0.25) is 5.02 Å². The molecule has 108 valence electrons. The first-order valence-corrected chi connectivity index (χ1v) is 7.50. The highest BCUT2D eigenvalue weighted by atomic mass is 35.5. The summed E-state index contributed by atoms with van der Waals surface area (Å²) in [6.45, 7) is 3.59.